The van der Waals surface area contributed by atoms with Crippen molar-refractivity contribution >= 4 is 11.0 Å². The van der Waals surface area contributed by atoms with Gasteiger partial charge in [-0.15, -0.1) is 0 Å². The van der Waals surface area contributed by atoms with Crippen molar-refractivity contribution in [1.29, 1.82) is 0 Å². The average Bonchev–Trinajstić information content (AvgIpc) is 2.16. The van der Waals surface area contributed by atoms with Gasteiger partial charge in [0.05, 0.1) is 5.39 Å². The third kappa shape index (κ3) is 1.06. The normalized spacial score (nSPS) is 10.6. The van der Waals surface area contributed by atoms with Crippen LogP contribution in [0.5, 0.6) is 17.2 Å². The molecular formula is C9H6O5. The maximum Gasteiger partial charge on any atom is 0.382 e. The molecule has 2 aromatic rings. The van der Waals surface area contributed by atoms with Crippen LogP contribution < -0.4 is 5.63 Å². The molecule has 1 aromatic heterocycles. The van der Waals surface area contributed by atoms with Crippen LogP contribution in [0.1, 0.15) is 0 Å². The number of hydrogen-bond donors (Lipinski definition) is 3. The number of phenolic OH excluding ortho intramolecular Hbond substituents is 1. The highest BCUT2D eigenvalue weighted by Gasteiger charge is 2.12. The molecule has 3 N–H and O–H groups in total. The Morgan fingerprint density at radius 3 is 2.50 bits per heavy atom. The van der Waals surface area contributed by atoms with E-state index in [-0.39, 0.29) is 16.7 Å². The molecule has 5 heteroatoms. The first-order valence-corrected chi connectivity index (χ1v) is 3.77. The second kappa shape index (κ2) is 2.66. The number of aromatic hydroxyl groups is 3. The van der Waals surface area contributed by atoms with Crippen molar-refractivity contribution in [2.45, 2.75) is 0 Å². The van der Waals surface area contributed by atoms with Crippen LogP contribution in [0.3, 0.4) is 0 Å². The van der Waals surface area contributed by atoms with E-state index < -0.39 is 17.1 Å². The van der Waals surface area contributed by atoms with Crippen LogP contribution in [0.25, 0.3) is 11.0 Å². The Morgan fingerprint density at radius 1 is 1.07 bits per heavy atom. The molecule has 0 amide bonds. The molecule has 72 valence electrons. The molecule has 5 nitrogen and oxygen atoms in total. The molecule has 2 rings (SSSR count). The van der Waals surface area contributed by atoms with E-state index in [1.807, 2.05) is 0 Å². The van der Waals surface area contributed by atoms with Gasteiger partial charge >= 0.3 is 5.63 Å². The van der Waals surface area contributed by atoms with Crippen molar-refractivity contribution in [3.8, 4) is 17.2 Å². The largest absolute Gasteiger partial charge is 0.508 e. The fraction of sp³-hybridized carbons (Fsp3) is 0. The molecular weight excluding hydrogens is 188 g/mol. The number of phenols is 1. The van der Waals surface area contributed by atoms with Crippen LogP contribution in [-0.2, 0) is 0 Å². The summed E-state index contributed by atoms with van der Waals surface area (Å²) < 4.78 is 4.65. The molecule has 0 spiro atoms. The van der Waals surface area contributed by atoms with Crippen LogP contribution in [0.2, 0.25) is 0 Å². The van der Waals surface area contributed by atoms with E-state index in [9.17, 15) is 9.90 Å². The van der Waals surface area contributed by atoms with Gasteiger partial charge in [-0.25, -0.2) is 4.79 Å². The fourth-order valence-electron chi connectivity index (χ4n) is 1.16. The molecule has 0 aliphatic carbocycles. The van der Waals surface area contributed by atoms with Crippen molar-refractivity contribution in [3.63, 3.8) is 0 Å². The summed E-state index contributed by atoms with van der Waals surface area (Å²) in [4.78, 5) is 10.9. The van der Waals surface area contributed by atoms with Crippen molar-refractivity contribution < 1.29 is 19.7 Å². The molecule has 0 saturated carbocycles. The van der Waals surface area contributed by atoms with Crippen LogP contribution >= 0.6 is 0 Å². The first-order chi connectivity index (χ1) is 6.59. The maximum absolute atomic E-state index is 10.9. The second-order valence-electron chi connectivity index (χ2n) is 2.77. The minimum Gasteiger partial charge on any atom is -0.508 e. The van der Waals surface area contributed by atoms with Gasteiger partial charge in [0.25, 0.3) is 0 Å². The van der Waals surface area contributed by atoms with E-state index in [0.29, 0.717) is 0 Å². The van der Waals surface area contributed by atoms with Crippen molar-refractivity contribution in [2.24, 2.45) is 0 Å². The highest BCUT2D eigenvalue weighted by atomic mass is 16.4. The van der Waals surface area contributed by atoms with E-state index >= 15 is 0 Å². The number of rotatable bonds is 0. The molecule has 0 bridgehead atoms. The third-order valence-electron chi connectivity index (χ3n) is 1.84. The Kier molecular flexibility index (Phi) is 1.60. The van der Waals surface area contributed by atoms with Gasteiger partial charge in [0.15, 0.2) is 5.75 Å². The summed E-state index contributed by atoms with van der Waals surface area (Å²) in [5.74, 6) is -1.55. The molecule has 0 aliphatic rings. The lowest BCUT2D eigenvalue weighted by atomic mass is 10.2. The van der Waals surface area contributed by atoms with E-state index in [4.69, 9.17) is 10.2 Å². The van der Waals surface area contributed by atoms with Gasteiger partial charge < -0.3 is 19.7 Å². The predicted octanol–water partition coefficient (Wildman–Crippen LogP) is 0.910. The zero-order valence-corrected chi connectivity index (χ0v) is 6.89. The summed E-state index contributed by atoms with van der Waals surface area (Å²) in [6.07, 6.45) is 0. The Hall–Kier alpha value is -2.17. The Bertz CT molecular complexity index is 555. The number of fused-ring (bicyclic) bond motifs is 1. The smallest absolute Gasteiger partial charge is 0.382 e. The highest BCUT2D eigenvalue weighted by molar-refractivity contribution is 5.86. The lowest BCUT2D eigenvalue weighted by Crippen LogP contribution is -1.97. The van der Waals surface area contributed by atoms with Gasteiger partial charge in [-0.05, 0) is 18.2 Å². The highest BCUT2D eigenvalue weighted by Crippen LogP contribution is 2.32. The number of benzene rings is 1. The monoisotopic (exact) mass is 194 g/mol. The zero-order chi connectivity index (χ0) is 10.3. The van der Waals surface area contributed by atoms with E-state index in [0.717, 1.165) is 0 Å². The quantitative estimate of drug-likeness (QED) is 0.542. The van der Waals surface area contributed by atoms with Crippen LogP contribution in [0.4, 0.5) is 0 Å². The summed E-state index contributed by atoms with van der Waals surface area (Å²) in [5.41, 5.74) is -0.913. The predicted molar refractivity (Wildman–Crippen MR) is 47.5 cm³/mol. The van der Waals surface area contributed by atoms with Gasteiger partial charge in [-0.3, -0.25) is 0 Å². The molecule has 0 unspecified atom stereocenters. The van der Waals surface area contributed by atoms with Crippen molar-refractivity contribution in [3.05, 3.63) is 28.6 Å². The molecule has 0 fully saturated rings. The van der Waals surface area contributed by atoms with Crippen LogP contribution in [0, 0.1) is 0 Å². The molecule has 0 saturated heterocycles. The van der Waals surface area contributed by atoms with Gasteiger partial charge in [0, 0.05) is 0 Å². The van der Waals surface area contributed by atoms with Crippen molar-refractivity contribution in [2.75, 3.05) is 0 Å². The Labute approximate surface area is 77.5 Å². The molecule has 0 atom stereocenters. The van der Waals surface area contributed by atoms with Gasteiger partial charge in [0.2, 0.25) is 5.75 Å². The first-order valence-electron chi connectivity index (χ1n) is 3.77. The Balaban J connectivity index is 2.99. The third-order valence-corrected chi connectivity index (χ3v) is 1.84. The average molecular weight is 194 g/mol. The van der Waals surface area contributed by atoms with Crippen molar-refractivity contribution in [1.82, 2.24) is 0 Å². The molecule has 0 radical (unpaired) electrons. The Morgan fingerprint density at radius 2 is 1.79 bits per heavy atom. The topological polar surface area (TPSA) is 90.9 Å². The summed E-state index contributed by atoms with van der Waals surface area (Å²) in [6.45, 7) is 0. The number of hydrogen-bond acceptors (Lipinski definition) is 5. The minimum absolute atomic E-state index is 0.0853. The van der Waals surface area contributed by atoms with Gasteiger partial charge in [-0.1, -0.05) is 0 Å². The zero-order valence-electron chi connectivity index (χ0n) is 6.89. The lowest BCUT2D eigenvalue weighted by Gasteiger charge is -2.01. The summed E-state index contributed by atoms with van der Waals surface area (Å²) >= 11 is 0. The van der Waals surface area contributed by atoms with E-state index in [1.54, 1.807) is 0 Å². The van der Waals surface area contributed by atoms with E-state index in [2.05, 4.69) is 4.42 Å². The standard InChI is InChI=1S/C9H6O5/c10-4-1-2-6-5(3-4)7(11)8(12)9(13)14-6/h1-3,10-12H. The molecule has 1 aromatic carbocycles. The van der Waals surface area contributed by atoms with Gasteiger partial charge in [0.1, 0.15) is 11.3 Å². The summed E-state index contributed by atoms with van der Waals surface area (Å²) in [5, 5.41) is 27.6. The van der Waals surface area contributed by atoms with E-state index in [1.165, 1.54) is 18.2 Å². The van der Waals surface area contributed by atoms with Crippen LogP contribution in [-0.4, -0.2) is 15.3 Å². The lowest BCUT2D eigenvalue weighted by molar-refractivity contribution is 0.378. The first kappa shape index (κ1) is 8.43. The van der Waals surface area contributed by atoms with Gasteiger partial charge in [-0.2, -0.15) is 0 Å². The van der Waals surface area contributed by atoms with Crippen LogP contribution in [0.15, 0.2) is 27.4 Å². The molecule has 1 heterocycles. The fourth-order valence-corrected chi connectivity index (χ4v) is 1.16. The summed E-state index contributed by atoms with van der Waals surface area (Å²) in [6, 6.07) is 3.82. The summed E-state index contributed by atoms with van der Waals surface area (Å²) in [7, 11) is 0. The molecule has 0 aliphatic heterocycles. The second-order valence-corrected chi connectivity index (χ2v) is 2.77. The SMILES string of the molecule is O=c1oc2ccc(O)cc2c(O)c1O. The maximum atomic E-state index is 10.9. The minimum atomic E-state index is -1.01. The molecule has 14 heavy (non-hydrogen) atoms.